The van der Waals surface area contributed by atoms with Gasteiger partial charge in [0.2, 0.25) is 5.88 Å². The highest BCUT2D eigenvalue weighted by Crippen LogP contribution is 2.32. The van der Waals surface area contributed by atoms with Gasteiger partial charge in [0, 0.05) is 19.1 Å². The first-order valence-electron chi connectivity index (χ1n) is 11.4. The number of para-hydroxylation sites is 2. The van der Waals surface area contributed by atoms with Gasteiger partial charge in [-0.05, 0) is 44.5 Å². The number of ether oxygens (including phenoxy) is 2. The zero-order chi connectivity index (χ0) is 23.6. The quantitative estimate of drug-likeness (QED) is 0.328. The maximum Gasteiger partial charge on any atom is 0.227 e. The topological polar surface area (TPSA) is 59.8 Å². The van der Waals surface area contributed by atoms with E-state index in [0.29, 0.717) is 19.0 Å². The molecule has 1 atom stereocenters. The second kappa shape index (κ2) is 12.2. The Morgan fingerprint density at radius 1 is 1.09 bits per heavy atom. The summed E-state index contributed by atoms with van der Waals surface area (Å²) >= 11 is 0. The molecule has 0 radical (unpaired) electrons. The largest absolute Gasteiger partial charge is 0.439 e. The fourth-order valence-corrected chi connectivity index (χ4v) is 3.61. The lowest BCUT2D eigenvalue weighted by molar-refractivity contribution is 0.0190. The molecule has 174 valence electrons. The number of benzene rings is 2. The van der Waals surface area contributed by atoms with Gasteiger partial charge in [-0.3, -0.25) is 4.90 Å². The van der Waals surface area contributed by atoms with E-state index in [2.05, 4.69) is 31.6 Å². The Bertz CT molecular complexity index is 1030. The van der Waals surface area contributed by atoms with E-state index < -0.39 is 6.10 Å². The van der Waals surface area contributed by atoms with Gasteiger partial charge in [-0.1, -0.05) is 49.2 Å². The number of rotatable bonds is 12. The predicted molar refractivity (Wildman–Crippen MR) is 131 cm³/mol. The van der Waals surface area contributed by atoms with Crippen molar-refractivity contribution in [3.8, 4) is 29.7 Å². The summed E-state index contributed by atoms with van der Waals surface area (Å²) < 4.78 is 13.6. The molecule has 0 spiro atoms. The molecule has 6 nitrogen and oxygen atoms in total. The molecule has 1 aromatic heterocycles. The Kier molecular flexibility index (Phi) is 9.08. The zero-order valence-corrected chi connectivity index (χ0v) is 19.6. The Morgan fingerprint density at radius 2 is 1.76 bits per heavy atom. The van der Waals surface area contributed by atoms with Gasteiger partial charge in [-0.25, -0.2) is 4.68 Å². The molecule has 0 aliphatic heterocycles. The summed E-state index contributed by atoms with van der Waals surface area (Å²) in [6.45, 7) is 7.74. The average molecular weight is 448 g/mol. The first-order chi connectivity index (χ1) is 16.0. The van der Waals surface area contributed by atoms with Crippen LogP contribution in [0.1, 0.15) is 32.0 Å². The molecule has 2 aromatic carbocycles. The summed E-state index contributed by atoms with van der Waals surface area (Å²) in [5, 5.41) is 15.4. The summed E-state index contributed by atoms with van der Waals surface area (Å²) in [5.41, 5.74) is 2.91. The molecule has 0 bridgehead atoms. The summed E-state index contributed by atoms with van der Waals surface area (Å²) in [6.07, 6.45) is 5.36. The van der Waals surface area contributed by atoms with Crippen LogP contribution in [0.3, 0.4) is 0 Å². The van der Waals surface area contributed by atoms with Gasteiger partial charge in [0.05, 0.1) is 29.7 Å². The molecule has 0 unspecified atom stereocenters. The average Bonchev–Trinajstić information content (AvgIpc) is 3.17. The van der Waals surface area contributed by atoms with Crippen molar-refractivity contribution in [2.75, 3.05) is 19.8 Å². The van der Waals surface area contributed by atoms with Crippen molar-refractivity contribution in [2.45, 2.75) is 45.9 Å². The van der Waals surface area contributed by atoms with Gasteiger partial charge < -0.3 is 14.6 Å². The number of terminal acetylenes is 1. The lowest BCUT2D eigenvalue weighted by Crippen LogP contribution is -2.39. The number of nitrogens with zero attached hydrogens (tertiary/aromatic N) is 3. The van der Waals surface area contributed by atoms with E-state index >= 15 is 0 Å². The molecule has 3 aromatic rings. The summed E-state index contributed by atoms with van der Waals surface area (Å²) in [6, 6.07) is 19.9. The Hall–Kier alpha value is -3.11. The Labute approximate surface area is 196 Å². The van der Waals surface area contributed by atoms with E-state index in [9.17, 15) is 5.11 Å². The van der Waals surface area contributed by atoms with Crippen LogP contribution in [0.4, 0.5) is 0 Å². The number of aliphatic hydroxyl groups excluding tert-OH is 1. The van der Waals surface area contributed by atoms with E-state index in [-0.39, 0.29) is 19.3 Å². The first kappa shape index (κ1) is 24.5. The molecular weight excluding hydrogens is 414 g/mol. The fraction of sp³-hybridized carbons (Fsp3) is 0.370. The van der Waals surface area contributed by atoms with E-state index in [4.69, 9.17) is 21.0 Å². The predicted octanol–water partition coefficient (Wildman–Crippen LogP) is 4.45. The highest BCUT2D eigenvalue weighted by atomic mass is 16.5. The highest BCUT2D eigenvalue weighted by molar-refractivity contribution is 5.43. The van der Waals surface area contributed by atoms with Gasteiger partial charge in [0.1, 0.15) is 12.4 Å². The third-order valence-corrected chi connectivity index (χ3v) is 5.35. The molecule has 0 amide bonds. The van der Waals surface area contributed by atoms with Crippen molar-refractivity contribution < 1.29 is 14.6 Å². The maximum atomic E-state index is 10.5. The van der Waals surface area contributed by atoms with E-state index in [1.54, 1.807) is 0 Å². The molecule has 0 saturated heterocycles. The minimum Gasteiger partial charge on any atom is -0.439 e. The molecule has 6 heteroatoms. The van der Waals surface area contributed by atoms with Crippen LogP contribution in [0.2, 0.25) is 0 Å². The van der Waals surface area contributed by atoms with Crippen molar-refractivity contribution in [3.05, 3.63) is 71.9 Å². The third kappa shape index (κ3) is 6.69. The van der Waals surface area contributed by atoms with Crippen molar-refractivity contribution in [2.24, 2.45) is 0 Å². The SMILES string of the molecule is C#CCOC[C@@H](O)CN(Cc1c(CC)nn(-c2ccccc2)c1Oc1ccccc1)C(C)C. The van der Waals surface area contributed by atoms with E-state index in [1.165, 1.54) is 0 Å². The second-order valence-electron chi connectivity index (χ2n) is 8.14. The Morgan fingerprint density at radius 3 is 2.36 bits per heavy atom. The molecule has 0 aliphatic carbocycles. The number of aromatic nitrogens is 2. The number of aliphatic hydroxyl groups is 1. The standard InChI is InChI=1S/C27H33N3O3/c1-5-17-32-20-23(31)18-29(21(3)4)19-25-26(6-2)28-30(22-13-9-7-10-14-22)27(25)33-24-15-11-8-12-16-24/h1,7-16,21,23,31H,6,17-20H2,2-4H3/t23-/m0/s1. The lowest BCUT2D eigenvalue weighted by Gasteiger charge is -2.29. The molecule has 0 saturated carbocycles. The lowest BCUT2D eigenvalue weighted by atomic mass is 10.1. The first-order valence-corrected chi connectivity index (χ1v) is 11.4. The Balaban J connectivity index is 1.96. The number of aryl methyl sites for hydroxylation is 1. The normalized spacial score (nSPS) is 12.2. The smallest absolute Gasteiger partial charge is 0.227 e. The van der Waals surface area contributed by atoms with Gasteiger partial charge in [-0.15, -0.1) is 6.42 Å². The molecular formula is C27H33N3O3. The summed E-state index contributed by atoms with van der Waals surface area (Å²) in [4.78, 5) is 2.20. The zero-order valence-electron chi connectivity index (χ0n) is 19.6. The van der Waals surface area contributed by atoms with E-state index in [1.807, 2.05) is 65.3 Å². The van der Waals surface area contributed by atoms with Crippen LogP contribution in [-0.4, -0.2) is 51.7 Å². The minimum atomic E-state index is -0.645. The van der Waals surface area contributed by atoms with E-state index in [0.717, 1.165) is 29.1 Å². The highest BCUT2D eigenvalue weighted by Gasteiger charge is 2.24. The molecule has 3 rings (SSSR count). The van der Waals surface area contributed by atoms with Crippen LogP contribution in [0.25, 0.3) is 5.69 Å². The van der Waals surface area contributed by atoms with Crippen molar-refractivity contribution in [3.63, 3.8) is 0 Å². The number of hydrogen-bond donors (Lipinski definition) is 1. The third-order valence-electron chi connectivity index (χ3n) is 5.35. The molecule has 33 heavy (non-hydrogen) atoms. The van der Waals surface area contributed by atoms with Crippen LogP contribution in [-0.2, 0) is 17.7 Å². The van der Waals surface area contributed by atoms with Gasteiger partial charge in [0.15, 0.2) is 0 Å². The van der Waals surface area contributed by atoms with Crippen molar-refractivity contribution in [1.29, 1.82) is 0 Å². The summed E-state index contributed by atoms with van der Waals surface area (Å²) in [5.74, 6) is 3.86. The van der Waals surface area contributed by atoms with Crippen LogP contribution in [0.15, 0.2) is 60.7 Å². The molecule has 0 aliphatic rings. The van der Waals surface area contributed by atoms with Gasteiger partial charge >= 0.3 is 0 Å². The second-order valence-corrected chi connectivity index (χ2v) is 8.14. The molecule has 1 heterocycles. The molecule has 1 N–H and O–H groups in total. The van der Waals surface area contributed by atoms with Crippen LogP contribution in [0.5, 0.6) is 11.6 Å². The minimum absolute atomic E-state index is 0.192. The van der Waals surface area contributed by atoms with Crippen LogP contribution < -0.4 is 4.74 Å². The van der Waals surface area contributed by atoms with Gasteiger partial charge in [-0.2, -0.15) is 5.10 Å². The van der Waals surface area contributed by atoms with Crippen molar-refractivity contribution in [1.82, 2.24) is 14.7 Å². The van der Waals surface area contributed by atoms with Gasteiger partial charge in [0.25, 0.3) is 0 Å². The fourth-order valence-electron chi connectivity index (χ4n) is 3.61. The van der Waals surface area contributed by atoms with Crippen LogP contribution >= 0.6 is 0 Å². The maximum absolute atomic E-state index is 10.5. The molecule has 0 fully saturated rings. The number of hydrogen-bond acceptors (Lipinski definition) is 5. The van der Waals surface area contributed by atoms with Crippen molar-refractivity contribution >= 4 is 0 Å². The monoisotopic (exact) mass is 447 g/mol. The summed E-state index contributed by atoms with van der Waals surface area (Å²) in [7, 11) is 0. The van der Waals surface area contributed by atoms with Crippen LogP contribution in [0, 0.1) is 12.3 Å².